The highest BCUT2D eigenvalue weighted by Crippen LogP contribution is 2.23. The van der Waals surface area contributed by atoms with E-state index >= 15 is 0 Å². The van der Waals surface area contributed by atoms with Crippen LogP contribution in [0.5, 0.6) is 5.75 Å². The van der Waals surface area contributed by atoms with Crippen LogP contribution in [-0.4, -0.2) is 10.1 Å². The first-order valence-corrected chi connectivity index (χ1v) is 8.62. The summed E-state index contributed by atoms with van der Waals surface area (Å²) in [4.78, 5) is 4.37. The maximum Gasteiger partial charge on any atom is 0.258 e. The first kappa shape index (κ1) is 17.2. The molecule has 0 amide bonds. The molecule has 1 heterocycles. The molecule has 0 unspecified atom stereocenters. The van der Waals surface area contributed by atoms with E-state index in [0.29, 0.717) is 28.9 Å². The Labute approximate surface area is 160 Å². The maximum absolute atomic E-state index is 13.0. The maximum atomic E-state index is 13.0. The van der Waals surface area contributed by atoms with Crippen molar-refractivity contribution in [2.24, 2.45) is 0 Å². The third kappa shape index (κ3) is 4.15. The summed E-state index contributed by atoms with van der Waals surface area (Å²) in [6.45, 7) is 0.437. The molecule has 1 aromatic heterocycles. The van der Waals surface area contributed by atoms with Crippen molar-refractivity contribution in [2.45, 2.75) is 6.61 Å². The van der Waals surface area contributed by atoms with Gasteiger partial charge in [-0.1, -0.05) is 28.9 Å². The van der Waals surface area contributed by atoms with Crippen LogP contribution in [-0.2, 0) is 6.61 Å². The van der Waals surface area contributed by atoms with Gasteiger partial charge in [-0.15, -0.1) is 0 Å². The summed E-state index contributed by atoms with van der Waals surface area (Å²) in [5, 5.41) is 4.63. The highest BCUT2D eigenvalue weighted by atomic mass is 35.5. The minimum absolute atomic E-state index is 0.307. The second kappa shape index (κ2) is 7.60. The topological polar surface area (TPSA) is 48.2 Å². The van der Waals surface area contributed by atoms with Gasteiger partial charge < -0.3 is 9.26 Å². The van der Waals surface area contributed by atoms with Gasteiger partial charge in [0.2, 0.25) is 5.82 Å². The lowest BCUT2D eigenvalue weighted by Crippen LogP contribution is -1.95. The summed E-state index contributed by atoms with van der Waals surface area (Å²) in [7, 11) is 0. The number of rotatable bonds is 5. The predicted molar refractivity (Wildman–Crippen MR) is 101 cm³/mol. The lowest BCUT2D eigenvalue weighted by molar-refractivity contribution is 0.306. The van der Waals surface area contributed by atoms with Crippen molar-refractivity contribution in [3.63, 3.8) is 0 Å². The van der Waals surface area contributed by atoms with Gasteiger partial charge in [0, 0.05) is 16.1 Å². The van der Waals surface area contributed by atoms with Gasteiger partial charge in [-0.3, -0.25) is 0 Å². The fraction of sp³-hybridized carbons (Fsp3) is 0.0476. The number of aromatic nitrogens is 2. The van der Waals surface area contributed by atoms with Gasteiger partial charge in [0.05, 0.1) is 0 Å². The van der Waals surface area contributed by atoms with Crippen molar-refractivity contribution < 1.29 is 13.7 Å². The molecule has 0 atom stereocenters. The molecule has 0 bridgehead atoms. The molecule has 4 rings (SSSR count). The molecule has 4 nitrogen and oxygen atoms in total. The largest absolute Gasteiger partial charge is 0.489 e. The van der Waals surface area contributed by atoms with Crippen LogP contribution in [0.3, 0.4) is 0 Å². The average Bonchev–Trinajstić information content (AvgIpc) is 3.19. The highest BCUT2D eigenvalue weighted by Gasteiger charge is 2.10. The van der Waals surface area contributed by atoms with Crippen molar-refractivity contribution in [1.82, 2.24) is 10.1 Å². The van der Waals surface area contributed by atoms with Crippen LogP contribution >= 0.6 is 11.6 Å². The number of ether oxygens (including phenoxy) is 1. The summed E-state index contributed by atoms with van der Waals surface area (Å²) in [6.07, 6.45) is 0. The Morgan fingerprint density at radius 3 is 2.22 bits per heavy atom. The number of nitrogens with zero attached hydrogens (tertiary/aromatic N) is 2. The van der Waals surface area contributed by atoms with Gasteiger partial charge in [-0.2, -0.15) is 4.98 Å². The highest BCUT2D eigenvalue weighted by molar-refractivity contribution is 6.30. The summed E-state index contributed by atoms with van der Waals surface area (Å²) < 4.78 is 24.1. The predicted octanol–water partition coefficient (Wildman–Crippen LogP) is 5.78. The summed E-state index contributed by atoms with van der Waals surface area (Å²) in [5.41, 5.74) is 2.50. The standard InChI is InChI=1S/C21H14ClFN2O2/c22-17-7-11-19(12-8-17)26-13-14-1-3-16(4-2-14)21-24-20(25-27-21)15-5-9-18(23)10-6-15/h1-12H,13H2. The van der Waals surface area contributed by atoms with Gasteiger partial charge in [-0.25, -0.2) is 4.39 Å². The summed E-state index contributed by atoms with van der Waals surface area (Å²) in [5.74, 6) is 1.27. The molecule has 0 fully saturated rings. The van der Waals surface area contributed by atoms with E-state index in [1.165, 1.54) is 12.1 Å². The monoisotopic (exact) mass is 380 g/mol. The van der Waals surface area contributed by atoms with Crippen molar-refractivity contribution in [3.8, 4) is 28.6 Å². The number of hydrogen-bond acceptors (Lipinski definition) is 4. The molecule has 0 aliphatic rings. The molecule has 6 heteroatoms. The normalized spacial score (nSPS) is 10.7. The molecule has 27 heavy (non-hydrogen) atoms. The van der Waals surface area contributed by atoms with E-state index in [4.69, 9.17) is 20.9 Å². The number of benzene rings is 3. The minimum Gasteiger partial charge on any atom is -0.489 e. The Hall–Kier alpha value is -3.18. The first-order chi connectivity index (χ1) is 13.2. The molecular weight excluding hydrogens is 367 g/mol. The summed E-state index contributed by atoms with van der Waals surface area (Å²) in [6, 6.07) is 20.8. The third-order valence-electron chi connectivity index (χ3n) is 3.95. The SMILES string of the molecule is Fc1ccc(-c2noc(-c3ccc(COc4ccc(Cl)cc4)cc3)n2)cc1. The van der Waals surface area contributed by atoms with Crippen LogP contribution in [0.15, 0.2) is 77.3 Å². The van der Waals surface area contributed by atoms with Crippen molar-refractivity contribution in [3.05, 3.63) is 89.2 Å². The van der Waals surface area contributed by atoms with Gasteiger partial charge in [0.1, 0.15) is 18.2 Å². The molecule has 0 radical (unpaired) electrons. The van der Waals surface area contributed by atoms with Crippen LogP contribution in [0.2, 0.25) is 5.02 Å². The Bertz CT molecular complexity index is 1030. The zero-order valence-corrected chi connectivity index (χ0v) is 14.9. The Morgan fingerprint density at radius 2 is 1.52 bits per heavy atom. The lowest BCUT2D eigenvalue weighted by atomic mass is 10.1. The van der Waals surface area contributed by atoms with Crippen LogP contribution in [0.4, 0.5) is 4.39 Å². The molecule has 0 aliphatic carbocycles. The molecule has 0 aliphatic heterocycles. The summed E-state index contributed by atoms with van der Waals surface area (Å²) >= 11 is 5.86. The molecule has 3 aromatic carbocycles. The average molecular weight is 381 g/mol. The van der Waals surface area contributed by atoms with Crippen molar-refractivity contribution >= 4 is 11.6 Å². The van der Waals surface area contributed by atoms with Crippen LogP contribution < -0.4 is 4.74 Å². The molecular formula is C21H14ClFN2O2. The van der Waals surface area contributed by atoms with Gasteiger partial charge >= 0.3 is 0 Å². The van der Waals surface area contributed by atoms with E-state index in [9.17, 15) is 4.39 Å². The van der Waals surface area contributed by atoms with Crippen LogP contribution in [0, 0.1) is 5.82 Å². The van der Waals surface area contributed by atoms with Crippen molar-refractivity contribution in [2.75, 3.05) is 0 Å². The van der Waals surface area contributed by atoms with Crippen molar-refractivity contribution in [1.29, 1.82) is 0 Å². The fourth-order valence-corrected chi connectivity index (χ4v) is 2.62. The van der Waals surface area contributed by atoms with E-state index in [2.05, 4.69) is 10.1 Å². The zero-order chi connectivity index (χ0) is 18.6. The molecule has 0 N–H and O–H groups in total. The Kier molecular flexibility index (Phi) is 4.85. The van der Waals surface area contributed by atoms with Gasteiger partial charge in [-0.05, 0) is 66.2 Å². The van der Waals surface area contributed by atoms with Gasteiger partial charge in [0.15, 0.2) is 0 Å². The fourth-order valence-electron chi connectivity index (χ4n) is 2.50. The molecule has 0 saturated carbocycles. The molecule has 134 valence electrons. The van der Waals surface area contributed by atoms with E-state index in [1.807, 2.05) is 36.4 Å². The first-order valence-electron chi connectivity index (χ1n) is 8.25. The quantitative estimate of drug-likeness (QED) is 0.440. The third-order valence-corrected chi connectivity index (χ3v) is 4.20. The second-order valence-electron chi connectivity index (χ2n) is 5.87. The van der Waals surface area contributed by atoms with Crippen LogP contribution in [0.1, 0.15) is 5.56 Å². The van der Waals surface area contributed by atoms with E-state index in [0.717, 1.165) is 16.9 Å². The van der Waals surface area contributed by atoms with E-state index < -0.39 is 0 Å². The Balaban J connectivity index is 1.44. The smallest absolute Gasteiger partial charge is 0.258 e. The van der Waals surface area contributed by atoms with Gasteiger partial charge in [0.25, 0.3) is 5.89 Å². The van der Waals surface area contributed by atoms with E-state index in [-0.39, 0.29) is 5.82 Å². The molecule has 0 spiro atoms. The molecule has 0 saturated heterocycles. The number of hydrogen-bond donors (Lipinski definition) is 0. The Morgan fingerprint density at radius 1 is 0.852 bits per heavy atom. The zero-order valence-electron chi connectivity index (χ0n) is 14.1. The second-order valence-corrected chi connectivity index (χ2v) is 6.31. The van der Waals surface area contributed by atoms with E-state index in [1.54, 1.807) is 24.3 Å². The lowest BCUT2D eigenvalue weighted by Gasteiger charge is -2.06. The minimum atomic E-state index is -0.307. The molecule has 4 aromatic rings. The number of halogens is 2. The van der Waals surface area contributed by atoms with Crippen LogP contribution in [0.25, 0.3) is 22.8 Å².